The zero-order valence-corrected chi connectivity index (χ0v) is 14.6. The zero-order chi connectivity index (χ0) is 14.8. The maximum absolute atomic E-state index is 3.85. The number of hydrogen-bond donors (Lipinski definition) is 1. The third-order valence-electron chi connectivity index (χ3n) is 5.50. The molecule has 0 aromatic carbocycles. The second-order valence-electron chi connectivity index (χ2n) is 7.06. The first-order chi connectivity index (χ1) is 9.74. The molecule has 120 valence electrons. The molecule has 4 atom stereocenters. The highest BCUT2D eigenvalue weighted by atomic mass is 14.9. The fourth-order valence-electron chi connectivity index (χ4n) is 4.00. The first-order valence-electron chi connectivity index (χ1n) is 9.48. The van der Waals surface area contributed by atoms with Gasteiger partial charge >= 0.3 is 0 Å². The molecular formula is C19H39N. The summed E-state index contributed by atoms with van der Waals surface area (Å²) in [6, 6.07) is 0.813. The van der Waals surface area contributed by atoms with Crippen LogP contribution >= 0.6 is 0 Å². The van der Waals surface area contributed by atoms with Crippen molar-refractivity contribution in [3.63, 3.8) is 0 Å². The van der Waals surface area contributed by atoms with Crippen LogP contribution in [0.5, 0.6) is 0 Å². The monoisotopic (exact) mass is 281 g/mol. The lowest BCUT2D eigenvalue weighted by Gasteiger charge is -2.38. The Kier molecular flexibility index (Phi) is 9.59. The van der Waals surface area contributed by atoms with Crippen LogP contribution in [0.2, 0.25) is 0 Å². The number of nitrogens with one attached hydrogen (secondary N) is 1. The summed E-state index contributed by atoms with van der Waals surface area (Å²) in [6.45, 7) is 10.6. The highest BCUT2D eigenvalue weighted by Gasteiger charge is 2.30. The molecule has 0 aromatic heterocycles. The molecule has 1 nitrogen and oxygen atoms in total. The van der Waals surface area contributed by atoms with Crippen molar-refractivity contribution in [3.8, 4) is 0 Å². The largest absolute Gasteiger partial charge is 0.314 e. The van der Waals surface area contributed by atoms with Crippen LogP contribution in [0.3, 0.4) is 0 Å². The van der Waals surface area contributed by atoms with Crippen LogP contribution in [0.15, 0.2) is 0 Å². The van der Waals surface area contributed by atoms with E-state index < -0.39 is 0 Å². The Morgan fingerprint density at radius 1 is 1.05 bits per heavy atom. The number of rotatable bonds is 10. The van der Waals surface area contributed by atoms with Gasteiger partial charge in [-0.05, 0) is 56.4 Å². The van der Waals surface area contributed by atoms with E-state index in [1.807, 2.05) is 0 Å². The van der Waals surface area contributed by atoms with Gasteiger partial charge in [-0.25, -0.2) is 0 Å². The van der Waals surface area contributed by atoms with Crippen LogP contribution in [0.1, 0.15) is 91.9 Å². The van der Waals surface area contributed by atoms with E-state index in [9.17, 15) is 0 Å². The quantitative estimate of drug-likeness (QED) is 0.534. The zero-order valence-electron chi connectivity index (χ0n) is 14.6. The molecule has 20 heavy (non-hydrogen) atoms. The lowest BCUT2D eigenvalue weighted by Crippen LogP contribution is -2.41. The van der Waals surface area contributed by atoms with E-state index in [1.165, 1.54) is 70.8 Å². The Morgan fingerprint density at radius 3 is 2.45 bits per heavy atom. The van der Waals surface area contributed by atoms with Crippen molar-refractivity contribution in [3.05, 3.63) is 0 Å². The van der Waals surface area contributed by atoms with Crippen LogP contribution in [0.25, 0.3) is 0 Å². The lowest BCUT2D eigenvalue weighted by molar-refractivity contribution is 0.165. The smallest absolute Gasteiger partial charge is 0.00956 e. The summed E-state index contributed by atoms with van der Waals surface area (Å²) in [5.74, 6) is 2.92. The molecule has 1 saturated carbocycles. The van der Waals surface area contributed by atoms with Crippen molar-refractivity contribution < 1.29 is 0 Å². The summed E-state index contributed by atoms with van der Waals surface area (Å²) in [4.78, 5) is 0. The average Bonchev–Trinajstić information content (AvgIpc) is 2.49. The van der Waals surface area contributed by atoms with Gasteiger partial charge in [-0.3, -0.25) is 0 Å². The summed E-state index contributed by atoms with van der Waals surface area (Å²) in [6.07, 6.45) is 14.1. The normalized spacial score (nSPS) is 28.5. The van der Waals surface area contributed by atoms with Gasteiger partial charge in [0, 0.05) is 6.04 Å². The van der Waals surface area contributed by atoms with E-state index in [4.69, 9.17) is 0 Å². The van der Waals surface area contributed by atoms with Crippen LogP contribution in [-0.4, -0.2) is 12.6 Å². The summed E-state index contributed by atoms with van der Waals surface area (Å²) < 4.78 is 0. The van der Waals surface area contributed by atoms with Gasteiger partial charge < -0.3 is 5.32 Å². The molecule has 0 spiro atoms. The first-order valence-corrected chi connectivity index (χ1v) is 9.48. The van der Waals surface area contributed by atoms with Crippen molar-refractivity contribution >= 4 is 0 Å². The Balaban J connectivity index is 2.52. The summed E-state index contributed by atoms with van der Waals surface area (Å²) in [5, 5.41) is 3.85. The van der Waals surface area contributed by atoms with Crippen molar-refractivity contribution in [1.82, 2.24) is 5.32 Å². The summed E-state index contributed by atoms with van der Waals surface area (Å²) in [7, 11) is 0. The van der Waals surface area contributed by atoms with Gasteiger partial charge in [0.05, 0.1) is 0 Å². The van der Waals surface area contributed by atoms with Crippen LogP contribution in [0, 0.1) is 17.8 Å². The van der Waals surface area contributed by atoms with E-state index in [2.05, 4.69) is 33.0 Å². The predicted molar refractivity (Wildman–Crippen MR) is 91.1 cm³/mol. The SMILES string of the molecule is CCCCC(CC)CC1CC(CC)CCC1NCCC. The van der Waals surface area contributed by atoms with Gasteiger partial charge in [0.25, 0.3) is 0 Å². The van der Waals surface area contributed by atoms with Crippen molar-refractivity contribution in [1.29, 1.82) is 0 Å². The van der Waals surface area contributed by atoms with Gasteiger partial charge in [0.1, 0.15) is 0 Å². The molecule has 1 aliphatic rings. The fourth-order valence-corrected chi connectivity index (χ4v) is 4.00. The fraction of sp³-hybridized carbons (Fsp3) is 1.00. The minimum atomic E-state index is 0.813. The molecule has 1 aliphatic carbocycles. The molecule has 0 aromatic rings. The number of hydrogen-bond acceptors (Lipinski definition) is 1. The Morgan fingerprint density at radius 2 is 1.85 bits per heavy atom. The van der Waals surface area contributed by atoms with E-state index in [-0.39, 0.29) is 0 Å². The highest BCUT2D eigenvalue weighted by molar-refractivity contribution is 4.85. The minimum Gasteiger partial charge on any atom is -0.314 e. The maximum Gasteiger partial charge on any atom is 0.00956 e. The highest BCUT2D eigenvalue weighted by Crippen LogP contribution is 2.36. The van der Waals surface area contributed by atoms with Gasteiger partial charge in [-0.2, -0.15) is 0 Å². The molecule has 1 N–H and O–H groups in total. The molecule has 0 radical (unpaired) electrons. The molecule has 0 aliphatic heterocycles. The molecule has 0 bridgehead atoms. The molecule has 1 rings (SSSR count). The molecule has 0 saturated heterocycles. The van der Waals surface area contributed by atoms with Crippen molar-refractivity contribution in [2.24, 2.45) is 17.8 Å². The van der Waals surface area contributed by atoms with Crippen molar-refractivity contribution in [2.45, 2.75) is 97.9 Å². The Labute approximate surface area is 128 Å². The van der Waals surface area contributed by atoms with E-state index in [1.54, 1.807) is 0 Å². The van der Waals surface area contributed by atoms with Crippen LogP contribution in [-0.2, 0) is 0 Å². The number of unbranched alkanes of at least 4 members (excludes halogenated alkanes) is 1. The van der Waals surface area contributed by atoms with E-state index in [0.29, 0.717) is 0 Å². The van der Waals surface area contributed by atoms with Gasteiger partial charge in [-0.1, -0.05) is 59.8 Å². The van der Waals surface area contributed by atoms with Gasteiger partial charge in [0.15, 0.2) is 0 Å². The second-order valence-corrected chi connectivity index (χ2v) is 7.06. The molecule has 1 heteroatoms. The van der Waals surface area contributed by atoms with E-state index in [0.717, 1.165) is 23.8 Å². The van der Waals surface area contributed by atoms with Gasteiger partial charge in [0.2, 0.25) is 0 Å². The molecule has 0 amide bonds. The van der Waals surface area contributed by atoms with Crippen LogP contribution in [0.4, 0.5) is 0 Å². The molecule has 1 fully saturated rings. The predicted octanol–water partition coefficient (Wildman–Crippen LogP) is 5.79. The molecule has 0 heterocycles. The Hall–Kier alpha value is -0.0400. The Bertz CT molecular complexity index is 226. The third kappa shape index (κ3) is 6.16. The van der Waals surface area contributed by atoms with E-state index >= 15 is 0 Å². The molecule has 4 unspecified atom stereocenters. The third-order valence-corrected chi connectivity index (χ3v) is 5.50. The van der Waals surface area contributed by atoms with Gasteiger partial charge in [-0.15, -0.1) is 0 Å². The topological polar surface area (TPSA) is 12.0 Å². The maximum atomic E-state index is 3.85. The lowest BCUT2D eigenvalue weighted by atomic mass is 9.72. The second kappa shape index (κ2) is 10.7. The summed E-state index contributed by atoms with van der Waals surface area (Å²) >= 11 is 0. The average molecular weight is 282 g/mol. The molecular weight excluding hydrogens is 242 g/mol. The first kappa shape index (κ1) is 18.0. The minimum absolute atomic E-state index is 0.813. The van der Waals surface area contributed by atoms with Crippen molar-refractivity contribution in [2.75, 3.05) is 6.54 Å². The standard InChI is InChI=1S/C19H39N/c1-5-9-10-16(7-3)14-18-15-17(8-4)11-12-19(18)20-13-6-2/h16-20H,5-15H2,1-4H3. The van der Waals surface area contributed by atoms with Crippen LogP contribution < -0.4 is 5.32 Å². The summed E-state index contributed by atoms with van der Waals surface area (Å²) in [5.41, 5.74) is 0.